The second kappa shape index (κ2) is 5.57. The molecule has 1 aliphatic rings. The Bertz CT molecular complexity index is 625. The highest BCUT2D eigenvalue weighted by Gasteiger charge is 2.41. The molecule has 1 fully saturated rings. The Hall–Kier alpha value is -2.35. The molecule has 0 bridgehead atoms. The van der Waals surface area contributed by atoms with E-state index in [1.165, 1.54) is 19.2 Å². The molecule has 4 amide bonds. The molecule has 2 rings (SSSR count). The average Bonchev–Trinajstić information content (AvgIpc) is 2.82. The SMILES string of the molecule is CN(C(=O)C1CNC(=O)N1C(=O)O)c1ccc(F)c(Cl)c1. The number of nitrogens with zero attached hydrogens (tertiary/aromatic N) is 2. The normalized spacial score (nSPS) is 17.6. The molecule has 1 aromatic carbocycles. The van der Waals surface area contributed by atoms with Crippen LogP contribution in [-0.2, 0) is 4.79 Å². The monoisotopic (exact) mass is 315 g/mol. The number of likely N-dealkylation sites (N-methyl/N-ethyl adjacent to an activating group) is 1. The minimum absolute atomic E-state index is 0.122. The van der Waals surface area contributed by atoms with Crippen molar-refractivity contribution < 1.29 is 23.9 Å². The van der Waals surface area contributed by atoms with Gasteiger partial charge in [0.2, 0.25) is 0 Å². The molecule has 0 radical (unpaired) electrons. The van der Waals surface area contributed by atoms with Crippen LogP contribution in [0.3, 0.4) is 0 Å². The second-order valence-corrected chi connectivity index (χ2v) is 4.76. The summed E-state index contributed by atoms with van der Waals surface area (Å²) in [5.74, 6) is -1.26. The first-order valence-electron chi connectivity index (χ1n) is 5.85. The molecular formula is C12H11ClFN3O4. The maximum atomic E-state index is 13.1. The van der Waals surface area contributed by atoms with Gasteiger partial charge in [-0.05, 0) is 18.2 Å². The van der Waals surface area contributed by atoms with Crippen molar-refractivity contribution in [3.63, 3.8) is 0 Å². The van der Waals surface area contributed by atoms with Crippen molar-refractivity contribution in [2.75, 3.05) is 18.5 Å². The van der Waals surface area contributed by atoms with E-state index >= 15 is 0 Å². The lowest BCUT2D eigenvalue weighted by atomic mass is 10.2. The summed E-state index contributed by atoms with van der Waals surface area (Å²) >= 11 is 5.64. The van der Waals surface area contributed by atoms with Crippen LogP contribution in [0.15, 0.2) is 18.2 Å². The summed E-state index contributed by atoms with van der Waals surface area (Å²) in [6.45, 7) is -0.122. The molecule has 21 heavy (non-hydrogen) atoms. The molecule has 1 unspecified atom stereocenters. The second-order valence-electron chi connectivity index (χ2n) is 4.35. The molecule has 0 spiro atoms. The predicted molar refractivity (Wildman–Crippen MR) is 71.9 cm³/mol. The van der Waals surface area contributed by atoms with Crippen LogP contribution in [0, 0.1) is 5.82 Å². The van der Waals surface area contributed by atoms with Gasteiger partial charge >= 0.3 is 12.1 Å². The standard InChI is InChI=1S/C12H11ClFN3O4/c1-16(6-2-3-8(14)7(13)4-6)10(18)9-5-15-11(19)17(9)12(20)21/h2-4,9H,5H2,1H3,(H,15,19)(H,20,21). The lowest BCUT2D eigenvalue weighted by Gasteiger charge is -2.24. The molecule has 0 aliphatic carbocycles. The summed E-state index contributed by atoms with van der Waals surface area (Å²) in [5, 5.41) is 11.1. The van der Waals surface area contributed by atoms with E-state index in [4.69, 9.17) is 16.7 Å². The van der Waals surface area contributed by atoms with E-state index in [0.717, 1.165) is 11.0 Å². The third-order valence-electron chi connectivity index (χ3n) is 3.09. The van der Waals surface area contributed by atoms with E-state index in [1.54, 1.807) is 0 Å². The van der Waals surface area contributed by atoms with E-state index in [2.05, 4.69) is 5.32 Å². The smallest absolute Gasteiger partial charge is 0.416 e. The molecule has 1 aromatic rings. The van der Waals surface area contributed by atoms with Gasteiger partial charge in [0.1, 0.15) is 11.9 Å². The Balaban J connectivity index is 2.24. The minimum atomic E-state index is -1.52. The molecule has 9 heteroatoms. The largest absolute Gasteiger partial charge is 0.465 e. The number of hydrogen-bond acceptors (Lipinski definition) is 3. The average molecular weight is 316 g/mol. The Morgan fingerprint density at radius 1 is 1.52 bits per heavy atom. The third-order valence-corrected chi connectivity index (χ3v) is 3.38. The quantitative estimate of drug-likeness (QED) is 0.865. The lowest BCUT2D eigenvalue weighted by molar-refractivity contribution is -0.121. The van der Waals surface area contributed by atoms with E-state index in [-0.39, 0.29) is 17.3 Å². The van der Waals surface area contributed by atoms with Crippen molar-refractivity contribution in [2.45, 2.75) is 6.04 Å². The summed E-state index contributed by atoms with van der Waals surface area (Å²) in [6.07, 6.45) is -1.52. The number of nitrogens with one attached hydrogen (secondary N) is 1. The third kappa shape index (κ3) is 2.75. The van der Waals surface area contributed by atoms with Gasteiger partial charge in [0.05, 0.1) is 5.02 Å². The van der Waals surface area contributed by atoms with Crippen LogP contribution in [0.4, 0.5) is 19.7 Å². The molecule has 0 saturated carbocycles. The number of imide groups is 1. The maximum absolute atomic E-state index is 13.1. The lowest BCUT2D eigenvalue weighted by Crippen LogP contribution is -2.48. The van der Waals surface area contributed by atoms with Crippen LogP contribution in [0.2, 0.25) is 5.02 Å². The topological polar surface area (TPSA) is 90.0 Å². The highest BCUT2D eigenvalue weighted by molar-refractivity contribution is 6.31. The molecule has 1 atom stereocenters. The highest BCUT2D eigenvalue weighted by Crippen LogP contribution is 2.23. The van der Waals surface area contributed by atoms with E-state index < -0.39 is 29.9 Å². The number of carbonyl (C=O) groups excluding carboxylic acids is 2. The van der Waals surface area contributed by atoms with Crippen molar-refractivity contribution >= 4 is 35.3 Å². The number of amides is 4. The maximum Gasteiger partial charge on any atom is 0.416 e. The van der Waals surface area contributed by atoms with Gasteiger partial charge in [0, 0.05) is 19.3 Å². The van der Waals surface area contributed by atoms with Crippen molar-refractivity contribution in [1.82, 2.24) is 10.2 Å². The van der Waals surface area contributed by atoms with Crippen LogP contribution in [0.25, 0.3) is 0 Å². The number of rotatable bonds is 2. The van der Waals surface area contributed by atoms with Gasteiger partial charge < -0.3 is 15.3 Å². The Labute approximate surface area is 123 Å². The van der Waals surface area contributed by atoms with Gasteiger partial charge in [0.15, 0.2) is 0 Å². The van der Waals surface area contributed by atoms with Crippen molar-refractivity contribution in [3.8, 4) is 0 Å². The van der Waals surface area contributed by atoms with E-state index in [0.29, 0.717) is 4.90 Å². The number of benzene rings is 1. The van der Waals surface area contributed by atoms with Crippen LogP contribution < -0.4 is 10.2 Å². The fourth-order valence-electron chi connectivity index (χ4n) is 1.96. The number of urea groups is 1. The summed E-state index contributed by atoms with van der Waals surface area (Å²) in [5.41, 5.74) is 0.288. The molecule has 0 aromatic heterocycles. The first-order chi connectivity index (χ1) is 9.82. The van der Waals surface area contributed by atoms with Gasteiger partial charge in [-0.2, -0.15) is 0 Å². The molecular weight excluding hydrogens is 305 g/mol. The van der Waals surface area contributed by atoms with E-state index in [9.17, 15) is 18.8 Å². The highest BCUT2D eigenvalue weighted by atomic mass is 35.5. The van der Waals surface area contributed by atoms with Crippen molar-refractivity contribution in [1.29, 1.82) is 0 Å². The molecule has 1 aliphatic heterocycles. The zero-order valence-corrected chi connectivity index (χ0v) is 11.6. The van der Waals surface area contributed by atoms with Gasteiger partial charge in [-0.25, -0.2) is 18.9 Å². The summed E-state index contributed by atoms with van der Waals surface area (Å²) < 4.78 is 13.1. The van der Waals surface area contributed by atoms with Gasteiger partial charge in [-0.15, -0.1) is 0 Å². The number of hydrogen-bond donors (Lipinski definition) is 2. The zero-order valence-electron chi connectivity index (χ0n) is 10.8. The van der Waals surface area contributed by atoms with Crippen molar-refractivity contribution in [3.05, 3.63) is 29.0 Å². The number of anilines is 1. The summed E-state index contributed by atoms with van der Waals surface area (Å²) in [4.78, 5) is 36.2. The number of halogens is 2. The van der Waals surface area contributed by atoms with Crippen LogP contribution >= 0.6 is 11.6 Å². The fraction of sp³-hybridized carbons (Fsp3) is 0.250. The van der Waals surface area contributed by atoms with E-state index in [1.807, 2.05) is 0 Å². The molecule has 7 nitrogen and oxygen atoms in total. The van der Waals surface area contributed by atoms with Gasteiger partial charge in [0.25, 0.3) is 5.91 Å². The minimum Gasteiger partial charge on any atom is -0.465 e. The fourth-order valence-corrected chi connectivity index (χ4v) is 2.14. The zero-order chi connectivity index (χ0) is 15.7. The molecule has 2 N–H and O–H groups in total. The van der Waals surface area contributed by atoms with Crippen LogP contribution in [-0.4, -0.2) is 47.7 Å². The molecule has 112 valence electrons. The van der Waals surface area contributed by atoms with Crippen molar-refractivity contribution in [2.24, 2.45) is 0 Å². The first-order valence-corrected chi connectivity index (χ1v) is 6.23. The molecule has 1 saturated heterocycles. The Morgan fingerprint density at radius 2 is 2.19 bits per heavy atom. The Morgan fingerprint density at radius 3 is 2.76 bits per heavy atom. The number of carboxylic acid groups (broad SMARTS) is 1. The number of carbonyl (C=O) groups is 3. The predicted octanol–water partition coefficient (Wildman–Crippen LogP) is 1.51. The summed E-state index contributed by atoms with van der Waals surface area (Å²) in [7, 11) is 1.38. The van der Waals surface area contributed by atoms with Crippen LogP contribution in [0.5, 0.6) is 0 Å². The van der Waals surface area contributed by atoms with Gasteiger partial charge in [-0.1, -0.05) is 11.6 Å². The van der Waals surface area contributed by atoms with Crippen LogP contribution in [0.1, 0.15) is 0 Å². The first kappa shape index (κ1) is 15.0. The van der Waals surface area contributed by atoms with Gasteiger partial charge in [-0.3, -0.25) is 4.79 Å². The Kier molecular flexibility index (Phi) is 3.99. The molecule has 1 heterocycles. The summed E-state index contributed by atoms with van der Waals surface area (Å²) in [6, 6.07) is 1.63.